The number of nitrogens with zero attached hydrogens (tertiary/aromatic N) is 2. The van der Waals surface area contributed by atoms with Crippen LogP contribution in [0, 0.1) is 22.7 Å². The zero-order valence-electron chi connectivity index (χ0n) is 15.1. The second-order valence-electron chi connectivity index (χ2n) is 5.77. The minimum absolute atomic E-state index is 0.203. The summed E-state index contributed by atoms with van der Waals surface area (Å²) in [5, 5.41) is 20.4. The van der Waals surface area contributed by atoms with E-state index >= 15 is 0 Å². The molecule has 0 radical (unpaired) electrons. The average Bonchev–Trinajstić information content (AvgIpc) is 2.68. The Balaban J connectivity index is 1.91. The maximum atomic E-state index is 12.2. The van der Waals surface area contributed by atoms with Crippen LogP contribution in [0.25, 0.3) is 0 Å². The first kappa shape index (κ1) is 20.8. The highest BCUT2D eigenvalue weighted by Crippen LogP contribution is 2.20. The third kappa shape index (κ3) is 5.47. The van der Waals surface area contributed by atoms with Crippen molar-refractivity contribution in [3.8, 4) is 17.9 Å². The minimum atomic E-state index is -1.08. The summed E-state index contributed by atoms with van der Waals surface area (Å²) in [7, 11) is 0. The van der Waals surface area contributed by atoms with Gasteiger partial charge in [-0.25, -0.2) is 4.79 Å². The Morgan fingerprint density at radius 2 is 1.71 bits per heavy atom. The molecule has 142 valence electrons. The molecule has 2 aromatic carbocycles. The fourth-order valence-corrected chi connectivity index (χ4v) is 2.33. The molecule has 0 unspecified atom stereocenters. The van der Waals surface area contributed by atoms with Gasteiger partial charge >= 0.3 is 5.97 Å². The summed E-state index contributed by atoms with van der Waals surface area (Å²) >= 11 is 5.92. The zero-order valence-corrected chi connectivity index (χ0v) is 15.9. The van der Waals surface area contributed by atoms with Gasteiger partial charge in [0.25, 0.3) is 5.91 Å². The molecule has 0 aliphatic carbocycles. The Kier molecular flexibility index (Phi) is 6.97. The molecule has 28 heavy (non-hydrogen) atoms. The summed E-state index contributed by atoms with van der Waals surface area (Å²) in [5.41, 5.74) is 1.13. The van der Waals surface area contributed by atoms with Gasteiger partial charge in [0.05, 0.1) is 22.2 Å². The Hall–Kier alpha value is -3.55. The SMILES string of the molecule is C[C@H](Oc1ccc(C#N)cc1)C(=O)O[C@H](C)C(=O)Nc1ccc(C#N)c(Cl)c1. The molecular weight excluding hydrogens is 382 g/mol. The van der Waals surface area contributed by atoms with E-state index in [4.69, 9.17) is 31.6 Å². The number of carbonyl (C=O) groups excluding carboxylic acids is 2. The Morgan fingerprint density at radius 3 is 2.29 bits per heavy atom. The molecule has 2 atom stereocenters. The number of carbonyl (C=O) groups is 2. The number of nitriles is 2. The van der Waals surface area contributed by atoms with Gasteiger partial charge in [-0.05, 0) is 56.3 Å². The standard InChI is InChI=1S/C20H16ClN3O4/c1-12(19(25)24-16-6-5-15(11-23)18(21)9-16)28-20(26)13(2)27-17-7-3-14(10-22)4-8-17/h3-9,12-13H,1-2H3,(H,24,25)/t12-,13+/m1/s1. The smallest absolute Gasteiger partial charge is 0.347 e. The summed E-state index contributed by atoms with van der Waals surface area (Å²) in [5.74, 6) is -0.877. The van der Waals surface area contributed by atoms with E-state index in [-0.39, 0.29) is 10.6 Å². The van der Waals surface area contributed by atoms with E-state index in [0.29, 0.717) is 17.0 Å². The Morgan fingerprint density at radius 1 is 1.04 bits per heavy atom. The van der Waals surface area contributed by atoms with Crippen molar-refractivity contribution in [2.45, 2.75) is 26.1 Å². The third-order valence-corrected chi connectivity index (χ3v) is 3.96. The van der Waals surface area contributed by atoms with Crippen LogP contribution in [0.3, 0.4) is 0 Å². The molecular formula is C20H16ClN3O4. The van der Waals surface area contributed by atoms with Crippen molar-refractivity contribution < 1.29 is 19.1 Å². The van der Waals surface area contributed by atoms with Crippen molar-refractivity contribution in [1.29, 1.82) is 10.5 Å². The first-order chi connectivity index (χ1) is 13.3. The van der Waals surface area contributed by atoms with E-state index in [1.54, 1.807) is 24.3 Å². The number of nitrogens with one attached hydrogen (secondary N) is 1. The minimum Gasteiger partial charge on any atom is -0.479 e. The molecule has 0 aliphatic heterocycles. The number of hydrogen-bond donors (Lipinski definition) is 1. The van der Waals surface area contributed by atoms with E-state index in [9.17, 15) is 9.59 Å². The van der Waals surface area contributed by atoms with Gasteiger partial charge in [0.1, 0.15) is 11.8 Å². The number of hydrogen-bond acceptors (Lipinski definition) is 6. The largest absolute Gasteiger partial charge is 0.479 e. The number of anilines is 1. The second kappa shape index (κ2) is 9.40. The lowest BCUT2D eigenvalue weighted by Gasteiger charge is -2.18. The molecule has 0 fully saturated rings. The van der Waals surface area contributed by atoms with Gasteiger partial charge in [-0.3, -0.25) is 4.79 Å². The van der Waals surface area contributed by atoms with Crippen LogP contribution < -0.4 is 10.1 Å². The lowest BCUT2D eigenvalue weighted by molar-refractivity contribution is -0.159. The van der Waals surface area contributed by atoms with Crippen LogP contribution in [0.15, 0.2) is 42.5 Å². The predicted octanol–water partition coefficient (Wildman–Crippen LogP) is 3.42. The molecule has 1 N–H and O–H groups in total. The molecule has 2 rings (SSSR count). The molecule has 8 heteroatoms. The maximum absolute atomic E-state index is 12.2. The number of benzene rings is 2. The molecule has 0 aromatic heterocycles. The monoisotopic (exact) mass is 397 g/mol. The van der Waals surface area contributed by atoms with Gasteiger partial charge in [0.2, 0.25) is 0 Å². The van der Waals surface area contributed by atoms with E-state index in [0.717, 1.165) is 0 Å². The number of esters is 1. The lowest BCUT2D eigenvalue weighted by atomic mass is 10.2. The van der Waals surface area contributed by atoms with Gasteiger partial charge in [-0.2, -0.15) is 10.5 Å². The van der Waals surface area contributed by atoms with Crippen molar-refractivity contribution in [2.24, 2.45) is 0 Å². The molecule has 0 saturated carbocycles. The summed E-state index contributed by atoms with van der Waals surface area (Å²) in [6.07, 6.45) is -2.03. The fourth-order valence-electron chi connectivity index (χ4n) is 2.11. The van der Waals surface area contributed by atoms with E-state index in [2.05, 4.69) is 5.32 Å². The lowest BCUT2D eigenvalue weighted by Crippen LogP contribution is -2.35. The van der Waals surface area contributed by atoms with Crippen LogP contribution in [-0.2, 0) is 14.3 Å². The molecule has 0 aliphatic rings. The third-order valence-electron chi connectivity index (χ3n) is 3.65. The Labute approximate surface area is 167 Å². The summed E-state index contributed by atoms with van der Waals surface area (Å²) in [6, 6.07) is 14.6. The predicted molar refractivity (Wildman–Crippen MR) is 102 cm³/mol. The van der Waals surface area contributed by atoms with Crippen LogP contribution in [0.1, 0.15) is 25.0 Å². The molecule has 0 heterocycles. The number of rotatable bonds is 6. The van der Waals surface area contributed by atoms with Crippen LogP contribution in [0.4, 0.5) is 5.69 Å². The summed E-state index contributed by atoms with van der Waals surface area (Å²) in [6.45, 7) is 2.92. The molecule has 7 nitrogen and oxygen atoms in total. The average molecular weight is 398 g/mol. The van der Waals surface area contributed by atoms with E-state index in [1.807, 2.05) is 12.1 Å². The highest BCUT2D eigenvalue weighted by molar-refractivity contribution is 6.32. The first-order valence-corrected chi connectivity index (χ1v) is 8.59. The van der Waals surface area contributed by atoms with Crippen LogP contribution >= 0.6 is 11.6 Å². The maximum Gasteiger partial charge on any atom is 0.347 e. The molecule has 2 aromatic rings. The zero-order chi connectivity index (χ0) is 20.7. The highest BCUT2D eigenvalue weighted by Gasteiger charge is 2.23. The molecule has 0 bridgehead atoms. The summed E-state index contributed by atoms with van der Waals surface area (Å²) in [4.78, 5) is 24.3. The van der Waals surface area contributed by atoms with Gasteiger partial charge in [-0.15, -0.1) is 0 Å². The number of ether oxygens (including phenoxy) is 2. The van der Waals surface area contributed by atoms with Crippen LogP contribution in [0.2, 0.25) is 5.02 Å². The number of amides is 1. The highest BCUT2D eigenvalue weighted by atomic mass is 35.5. The second-order valence-corrected chi connectivity index (χ2v) is 6.18. The van der Waals surface area contributed by atoms with Crippen molar-refractivity contribution >= 4 is 29.2 Å². The van der Waals surface area contributed by atoms with Gasteiger partial charge in [0, 0.05) is 5.69 Å². The number of halogens is 1. The van der Waals surface area contributed by atoms with Gasteiger partial charge in [-0.1, -0.05) is 11.6 Å². The van der Waals surface area contributed by atoms with Crippen molar-refractivity contribution in [1.82, 2.24) is 0 Å². The normalized spacial score (nSPS) is 12.0. The topological polar surface area (TPSA) is 112 Å². The van der Waals surface area contributed by atoms with Gasteiger partial charge in [0.15, 0.2) is 12.2 Å². The van der Waals surface area contributed by atoms with E-state index < -0.39 is 24.1 Å². The summed E-state index contributed by atoms with van der Waals surface area (Å²) < 4.78 is 10.6. The van der Waals surface area contributed by atoms with Crippen molar-refractivity contribution in [2.75, 3.05) is 5.32 Å². The van der Waals surface area contributed by atoms with Crippen LogP contribution in [0.5, 0.6) is 5.75 Å². The Bertz CT molecular complexity index is 961. The quantitative estimate of drug-likeness (QED) is 0.747. The first-order valence-electron chi connectivity index (χ1n) is 8.22. The van der Waals surface area contributed by atoms with Crippen molar-refractivity contribution in [3.05, 3.63) is 58.6 Å². The van der Waals surface area contributed by atoms with Crippen molar-refractivity contribution in [3.63, 3.8) is 0 Å². The molecule has 1 amide bonds. The van der Waals surface area contributed by atoms with Gasteiger partial charge < -0.3 is 14.8 Å². The molecule has 0 saturated heterocycles. The fraction of sp³-hybridized carbons (Fsp3) is 0.200. The molecule has 0 spiro atoms. The van der Waals surface area contributed by atoms with Crippen LogP contribution in [-0.4, -0.2) is 24.1 Å². The van der Waals surface area contributed by atoms with E-state index in [1.165, 1.54) is 32.0 Å².